The van der Waals surface area contributed by atoms with E-state index in [0.29, 0.717) is 5.56 Å². The van der Waals surface area contributed by atoms with Crippen LogP contribution in [0.1, 0.15) is 5.56 Å². The molecule has 0 fully saturated rings. The van der Waals surface area contributed by atoms with E-state index in [9.17, 15) is 4.57 Å². The van der Waals surface area contributed by atoms with Gasteiger partial charge in [0.25, 0.3) is 0 Å². The van der Waals surface area contributed by atoms with E-state index in [1.807, 2.05) is 7.85 Å². The van der Waals surface area contributed by atoms with Crippen LogP contribution in [-0.4, -0.2) is 17.6 Å². The number of phosphoric acid groups is 1. The molecule has 0 amide bonds. The molecule has 0 saturated heterocycles. The Morgan fingerprint density at radius 1 is 1.46 bits per heavy atom. The van der Waals surface area contributed by atoms with E-state index in [2.05, 4.69) is 4.52 Å². The zero-order valence-electron chi connectivity index (χ0n) is 7.39. The average molecular weight is 200 g/mol. The van der Waals surface area contributed by atoms with Gasteiger partial charge in [0.05, 0.1) is 0 Å². The Morgan fingerprint density at radius 3 is 2.54 bits per heavy atom. The van der Waals surface area contributed by atoms with Crippen LogP contribution in [0.25, 0.3) is 0 Å². The third-order valence-electron chi connectivity index (χ3n) is 1.55. The molecule has 1 aromatic rings. The number of hydrogen-bond donors (Lipinski definition) is 2. The molecular formula is C7H10BO4P. The maximum Gasteiger partial charge on any atom is 0.524 e. The predicted octanol–water partition coefficient (Wildman–Crippen LogP) is -0.275. The fraction of sp³-hybridized carbons (Fsp3) is 0.143. The summed E-state index contributed by atoms with van der Waals surface area (Å²) in [5.41, 5.74) is 1.74. The lowest BCUT2D eigenvalue weighted by Crippen LogP contribution is -2.03. The first kappa shape index (κ1) is 10.3. The molecule has 6 heteroatoms. The molecule has 0 bridgehead atoms. The molecule has 0 spiro atoms. The van der Waals surface area contributed by atoms with Gasteiger partial charge in [0.1, 0.15) is 13.6 Å². The van der Waals surface area contributed by atoms with Crippen molar-refractivity contribution in [2.75, 3.05) is 0 Å². The van der Waals surface area contributed by atoms with Crippen LogP contribution in [-0.2, 0) is 4.57 Å². The molecule has 70 valence electrons. The van der Waals surface area contributed by atoms with Crippen molar-refractivity contribution in [1.82, 2.24) is 0 Å². The minimum Gasteiger partial charge on any atom is -0.404 e. The highest BCUT2D eigenvalue weighted by atomic mass is 31.2. The van der Waals surface area contributed by atoms with Gasteiger partial charge >= 0.3 is 7.82 Å². The molecule has 0 saturated carbocycles. The molecular weight excluding hydrogens is 190 g/mol. The molecule has 0 unspecified atom stereocenters. The largest absolute Gasteiger partial charge is 0.524 e. The van der Waals surface area contributed by atoms with Crippen molar-refractivity contribution in [2.24, 2.45) is 0 Å². The summed E-state index contributed by atoms with van der Waals surface area (Å²) in [6.07, 6.45) is 0. The van der Waals surface area contributed by atoms with Gasteiger partial charge in [-0.05, 0) is 18.6 Å². The summed E-state index contributed by atoms with van der Waals surface area (Å²) >= 11 is 0. The molecule has 1 aromatic carbocycles. The highest BCUT2D eigenvalue weighted by molar-refractivity contribution is 7.46. The van der Waals surface area contributed by atoms with Gasteiger partial charge in [-0.1, -0.05) is 17.6 Å². The fourth-order valence-corrected chi connectivity index (χ4v) is 1.49. The van der Waals surface area contributed by atoms with E-state index in [-0.39, 0.29) is 5.75 Å². The Balaban J connectivity index is 2.97. The highest BCUT2D eigenvalue weighted by Gasteiger charge is 2.16. The first-order valence-electron chi connectivity index (χ1n) is 3.71. The van der Waals surface area contributed by atoms with Gasteiger partial charge in [0.2, 0.25) is 0 Å². The van der Waals surface area contributed by atoms with Gasteiger partial charge in [-0.2, -0.15) is 0 Å². The lowest BCUT2D eigenvalue weighted by Gasteiger charge is -2.09. The Kier molecular flexibility index (Phi) is 2.81. The zero-order chi connectivity index (χ0) is 10.1. The monoisotopic (exact) mass is 200 g/mol. The minimum atomic E-state index is -4.43. The van der Waals surface area contributed by atoms with Gasteiger partial charge < -0.3 is 4.52 Å². The number of hydrogen-bond acceptors (Lipinski definition) is 2. The molecule has 0 heterocycles. The second kappa shape index (κ2) is 3.54. The summed E-state index contributed by atoms with van der Waals surface area (Å²) in [4.78, 5) is 17.1. The van der Waals surface area contributed by atoms with Crippen molar-refractivity contribution in [3.63, 3.8) is 0 Å². The van der Waals surface area contributed by atoms with E-state index < -0.39 is 7.82 Å². The standard InChI is InChI=1S/C7H10BO4P/c1-5-4-6(8)2-3-7(5)12-13(9,10)11/h2-4H,8H2,1H3,(H2,9,10,11). The summed E-state index contributed by atoms with van der Waals surface area (Å²) in [6.45, 7) is 1.73. The molecule has 0 aliphatic heterocycles. The van der Waals surface area contributed by atoms with E-state index in [1.54, 1.807) is 25.1 Å². The van der Waals surface area contributed by atoms with Crippen molar-refractivity contribution in [3.8, 4) is 5.75 Å². The lowest BCUT2D eigenvalue weighted by atomic mass is 9.94. The van der Waals surface area contributed by atoms with Crippen LogP contribution < -0.4 is 9.99 Å². The summed E-state index contributed by atoms with van der Waals surface area (Å²) in [6, 6.07) is 5.08. The van der Waals surface area contributed by atoms with E-state index in [0.717, 1.165) is 5.46 Å². The summed E-state index contributed by atoms with van der Waals surface area (Å²) in [7, 11) is -2.53. The summed E-state index contributed by atoms with van der Waals surface area (Å²) in [5.74, 6) is 0.221. The topological polar surface area (TPSA) is 66.8 Å². The third kappa shape index (κ3) is 3.23. The van der Waals surface area contributed by atoms with Gasteiger partial charge in [0, 0.05) is 0 Å². The maximum absolute atomic E-state index is 10.5. The van der Waals surface area contributed by atoms with E-state index >= 15 is 0 Å². The van der Waals surface area contributed by atoms with E-state index in [4.69, 9.17) is 9.79 Å². The van der Waals surface area contributed by atoms with Gasteiger partial charge in [-0.3, -0.25) is 9.79 Å². The second-order valence-corrected chi connectivity index (χ2v) is 4.01. The smallest absolute Gasteiger partial charge is 0.404 e. The van der Waals surface area contributed by atoms with Crippen molar-refractivity contribution in [1.29, 1.82) is 0 Å². The first-order valence-corrected chi connectivity index (χ1v) is 5.24. The maximum atomic E-state index is 10.5. The van der Waals surface area contributed by atoms with Crippen molar-refractivity contribution in [2.45, 2.75) is 6.92 Å². The van der Waals surface area contributed by atoms with Crippen molar-refractivity contribution < 1.29 is 18.9 Å². The number of rotatable bonds is 2. The predicted molar refractivity (Wildman–Crippen MR) is 52.0 cm³/mol. The van der Waals surface area contributed by atoms with Crippen LogP contribution in [0.5, 0.6) is 5.75 Å². The van der Waals surface area contributed by atoms with Crippen LogP contribution in [0, 0.1) is 6.92 Å². The Bertz CT molecular complexity index is 360. The molecule has 1 rings (SSSR count). The zero-order valence-corrected chi connectivity index (χ0v) is 8.28. The van der Waals surface area contributed by atoms with Crippen LogP contribution in [0.3, 0.4) is 0 Å². The first-order chi connectivity index (χ1) is 5.88. The normalized spacial score (nSPS) is 11.3. The SMILES string of the molecule is Bc1ccc(OP(=O)(O)O)c(C)c1. The van der Waals surface area contributed by atoms with Crippen LogP contribution in [0.2, 0.25) is 0 Å². The fourth-order valence-electron chi connectivity index (χ4n) is 1.03. The summed E-state index contributed by atoms with van der Waals surface area (Å²) < 4.78 is 15.0. The summed E-state index contributed by atoms with van der Waals surface area (Å²) in [5, 5.41) is 0. The Labute approximate surface area is 77.2 Å². The van der Waals surface area contributed by atoms with E-state index in [1.165, 1.54) is 0 Å². The minimum absolute atomic E-state index is 0.221. The van der Waals surface area contributed by atoms with Crippen LogP contribution >= 0.6 is 7.82 Å². The Morgan fingerprint density at radius 2 is 2.08 bits per heavy atom. The molecule has 0 atom stereocenters. The van der Waals surface area contributed by atoms with Gasteiger partial charge in [-0.25, -0.2) is 4.57 Å². The Hall–Kier alpha value is -0.765. The molecule has 0 aliphatic rings. The van der Waals surface area contributed by atoms with Crippen molar-refractivity contribution in [3.05, 3.63) is 23.8 Å². The molecule has 0 radical (unpaired) electrons. The molecule has 0 aliphatic carbocycles. The number of phosphoric ester groups is 1. The number of aryl methyl sites for hydroxylation is 1. The highest BCUT2D eigenvalue weighted by Crippen LogP contribution is 2.38. The molecule has 2 N–H and O–H groups in total. The lowest BCUT2D eigenvalue weighted by molar-refractivity contribution is 0.282. The van der Waals surface area contributed by atoms with Gasteiger partial charge in [-0.15, -0.1) is 0 Å². The quantitative estimate of drug-likeness (QED) is 0.509. The average Bonchev–Trinajstić information content (AvgIpc) is 1.93. The molecule has 0 aromatic heterocycles. The van der Waals surface area contributed by atoms with Crippen LogP contribution in [0.15, 0.2) is 18.2 Å². The second-order valence-electron chi connectivity index (χ2n) is 2.85. The molecule has 4 nitrogen and oxygen atoms in total. The van der Waals surface area contributed by atoms with Gasteiger partial charge in [0.15, 0.2) is 0 Å². The third-order valence-corrected chi connectivity index (χ3v) is 1.98. The van der Waals surface area contributed by atoms with Crippen LogP contribution in [0.4, 0.5) is 0 Å². The number of benzene rings is 1. The molecule has 13 heavy (non-hydrogen) atoms. The van der Waals surface area contributed by atoms with Crippen molar-refractivity contribution >= 4 is 21.1 Å².